The summed E-state index contributed by atoms with van der Waals surface area (Å²) in [6, 6.07) is 10.4. The molecule has 0 aliphatic carbocycles. The van der Waals surface area contributed by atoms with Crippen LogP contribution in [0.1, 0.15) is 21.6 Å². The molecule has 0 aliphatic rings. The van der Waals surface area contributed by atoms with Crippen LogP contribution < -0.4 is 9.47 Å². The molecule has 5 nitrogen and oxygen atoms in total. The van der Waals surface area contributed by atoms with E-state index in [0.29, 0.717) is 34.6 Å². The van der Waals surface area contributed by atoms with E-state index in [-0.39, 0.29) is 6.61 Å². The number of hydrogen-bond donors (Lipinski definition) is 0. The van der Waals surface area contributed by atoms with E-state index < -0.39 is 0 Å². The summed E-state index contributed by atoms with van der Waals surface area (Å²) in [5.74, 6) is 1.00. The minimum absolute atomic E-state index is 0.157. The first-order chi connectivity index (χ1) is 9.78. The van der Waals surface area contributed by atoms with Gasteiger partial charge >= 0.3 is 0 Å². The predicted octanol–water partition coefficient (Wildman–Crippen LogP) is 2.35. The zero-order valence-electron chi connectivity index (χ0n) is 10.9. The van der Waals surface area contributed by atoms with Crippen LogP contribution in [0, 0.1) is 11.3 Å². The van der Waals surface area contributed by atoms with Crippen molar-refractivity contribution in [3.63, 3.8) is 0 Å². The van der Waals surface area contributed by atoms with E-state index in [1.807, 2.05) is 6.07 Å². The minimum Gasteiger partial charge on any atom is -0.497 e. The molecule has 0 radical (unpaired) electrons. The molecule has 5 heteroatoms. The van der Waals surface area contributed by atoms with Crippen LogP contribution in [0.5, 0.6) is 11.5 Å². The highest BCUT2D eigenvalue weighted by atomic mass is 16.5. The fourth-order valence-electron chi connectivity index (χ4n) is 1.68. The smallest absolute Gasteiger partial charge is 0.153 e. The fourth-order valence-corrected chi connectivity index (χ4v) is 1.68. The van der Waals surface area contributed by atoms with E-state index in [9.17, 15) is 4.79 Å². The van der Waals surface area contributed by atoms with Gasteiger partial charge in [-0.2, -0.15) is 5.26 Å². The highest BCUT2D eigenvalue weighted by Gasteiger charge is 2.08. The first-order valence-corrected chi connectivity index (χ1v) is 5.88. The summed E-state index contributed by atoms with van der Waals surface area (Å²) in [7, 11) is 1.54. The Balaban J connectivity index is 2.22. The second kappa shape index (κ2) is 6.34. The standard InChI is InChI=1S/C15H12N2O3/c1-19-13-5-4-11(9-18)15(7-13)20-10-12-3-2-6-17-14(12)8-16/h2-7,9H,10H2,1H3. The van der Waals surface area contributed by atoms with Crippen LogP contribution in [-0.2, 0) is 6.61 Å². The number of carbonyl (C=O) groups excluding carboxylic acids is 1. The summed E-state index contributed by atoms with van der Waals surface area (Å²) in [5.41, 5.74) is 1.39. The number of aldehydes is 1. The molecule has 1 heterocycles. The van der Waals surface area contributed by atoms with Crippen LogP contribution >= 0.6 is 0 Å². The minimum atomic E-state index is 0.157. The van der Waals surface area contributed by atoms with Crippen LogP contribution in [0.15, 0.2) is 36.5 Å². The Labute approximate surface area is 116 Å². The Bertz CT molecular complexity index is 662. The number of nitrogens with zero attached hydrogens (tertiary/aromatic N) is 2. The number of ether oxygens (including phenoxy) is 2. The largest absolute Gasteiger partial charge is 0.497 e. The lowest BCUT2D eigenvalue weighted by Gasteiger charge is -2.10. The maximum Gasteiger partial charge on any atom is 0.153 e. The van der Waals surface area contributed by atoms with Gasteiger partial charge in [0.2, 0.25) is 0 Å². The third-order valence-corrected chi connectivity index (χ3v) is 2.73. The Morgan fingerprint density at radius 1 is 1.40 bits per heavy atom. The normalized spacial score (nSPS) is 9.60. The molecule has 0 saturated carbocycles. The Hall–Kier alpha value is -2.87. The highest BCUT2D eigenvalue weighted by Crippen LogP contribution is 2.24. The van der Waals surface area contributed by atoms with E-state index in [1.165, 1.54) is 7.11 Å². The van der Waals surface area contributed by atoms with E-state index in [1.54, 1.807) is 36.5 Å². The van der Waals surface area contributed by atoms with Gasteiger partial charge in [-0.25, -0.2) is 4.98 Å². The molecule has 100 valence electrons. The molecule has 2 aromatic rings. The predicted molar refractivity (Wildman–Crippen MR) is 71.7 cm³/mol. The number of hydrogen-bond acceptors (Lipinski definition) is 5. The topological polar surface area (TPSA) is 72.2 Å². The van der Waals surface area contributed by atoms with Gasteiger partial charge in [-0.3, -0.25) is 4.79 Å². The molecule has 0 atom stereocenters. The van der Waals surface area contributed by atoms with Crippen LogP contribution in [0.25, 0.3) is 0 Å². The van der Waals surface area contributed by atoms with Crippen molar-refractivity contribution in [2.24, 2.45) is 0 Å². The monoisotopic (exact) mass is 268 g/mol. The van der Waals surface area contributed by atoms with Crippen LogP contribution in [0.2, 0.25) is 0 Å². The van der Waals surface area contributed by atoms with Crippen molar-refractivity contribution in [1.82, 2.24) is 4.98 Å². The van der Waals surface area contributed by atoms with Crippen molar-refractivity contribution in [2.45, 2.75) is 6.61 Å². The molecule has 1 aromatic heterocycles. The molecule has 0 bridgehead atoms. The van der Waals surface area contributed by atoms with Crippen molar-refractivity contribution >= 4 is 6.29 Å². The first kappa shape index (κ1) is 13.6. The van der Waals surface area contributed by atoms with Crippen molar-refractivity contribution < 1.29 is 14.3 Å². The summed E-state index contributed by atoms with van der Waals surface area (Å²) in [5, 5.41) is 8.95. The lowest BCUT2D eigenvalue weighted by atomic mass is 10.2. The fraction of sp³-hybridized carbons (Fsp3) is 0.133. The summed E-state index contributed by atoms with van der Waals surface area (Å²) in [6.45, 7) is 0.157. The summed E-state index contributed by atoms with van der Waals surface area (Å²) < 4.78 is 10.7. The quantitative estimate of drug-likeness (QED) is 0.778. The van der Waals surface area contributed by atoms with E-state index in [4.69, 9.17) is 14.7 Å². The number of nitriles is 1. The van der Waals surface area contributed by atoms with Crippen molar-refractivity contribution in [1.29, 1.82) is 5.26 Å². The van der Waals surface area contributed by atoms with Gasteiger partial charge in [-0.15, -0.1) is 0 Å². The maximum atomic E-state index is 11.0. The van der Waals surface area contributed by atoms with Gasteiger partial charge in [0.25, 0.3) is 0 Å². The summed E-state index contributed by atoms with van der Waals surface area (Å²) in [4.78, 5) is 14.9. The highest BCUT2D eigenvalue weighted by molar-refractivity contribution is 5.79. The zero-order chi connectivity index (χ0) is 14.4. The van der Waals surface area contributed by atoms with Gasteiger partial charge < -0.3 is 9.47 Å². The second-order valence-corrected chi connectivity index (χ2v) is 3.93. The first-order valence-electron chi connectivity index (χ1n) is 5.88. The van der Waals surface area contributed by atoms with Gasteiger partial charge in [0, 0.05) is 17.8 Å². The van der Waals surface area contributed by atoms with Gasteiger partial charge in [0.05, 0.1) is 12.7 Å². The molecule has 0 amide bonds. The molecule has 0 saturated heterocycles. The summed E-state index contributed by atoms with van der Waals surface area (Å²) >= 11 is 0. The molecule has 0 aliphatic heterocycles. The second-order valence-electron chi connectivity index (χ2n) is 3.93. The summed E-state index contributed by atoms with van der Waals surface area (Å²) in [6.07, 6.45) is 2.26. The van der Waals surface area contributed by atoms with Gasteiger partial charge in [-0.1, -0.05) is 6.07 Å². The van der Waals surface area contributed by atoms with Crippen LogP contribution in [-0.4, -0.2) is 18.4 Å². The number of rotatable bonds is 5. The van der Waals surface area contributed by atoms with E-state index >= 15 is 0 Å². The Morgan fingerprint density at radius 2 is 2.25 bits per heavy atom. The number of carbonyl (C=O) groups is 1. The van der Waals surface area contributed by atoms with E-state index in [0.717, 1.165) is 0 Å². The molecular formula is C15H12N2O3. The molecule has 0 unspecified atom stereocenters. The Kier molecular flexibility index (Phi) is 4.30. The molecule has 0 N–H and O–H groups in total. The molecule has 20 heavy (non-hydrogen) atoms. The van der Waals surface area contributed by atoms with Crippen molar-refractivity contribution in [2.75, 3.05) is 7.11 Å². The number of pyridine rings is 1. The van der Waals surface area contributed by atoms with Gasteiger partial charge in [-0.05, 0) is 18.2 Å². The third-order valence-electron chi connectivity index (χ3n) is 2.73. The van der Waals surface area contributed by atoms with Crippen molar-refractivity contribution in [3.8, 4) is 17.6 Å². The average Bonchev–Trinajstić information content (AvgIpc) is 2.52. The number of methoxy groups -OCH3 is 1. The van der Waals surface area contributed by atoms with Crippen LogP contribution in [0.4, 0.5) is 0 Å². The SMILES string of the molecule is COc1ccc(C=O)c(OCc2cccnc2C#N)c1. The van der Waals surface area contributed by atoms with Crippen LogP contribution in [0.3, 0.4) is 0 Å². The molecular weight excluding hydrogens is 256 g/mol. The maximum absolute atomic E-state index is 11.0. The Morgan fingerprint density at radius 3 is 2.95 bits per heavy atom. The van der Waals surface area contributed by atoms with E-state index in [2.05, 4.69) is 4.98 Å². The number of aromatic nitrogens is 1. The van der Waals surface area contributed by atoms with Crippen molar-refractivity contribution in [3.05, 3.63) is 53.3 Å². The van der Waals surface area contributed by atoms with Gasteiger partial charge in [0.15, 0.2) is 6.29 Å². The molecule has 1 aromatic carbocycles. The third kappa shape index (κ3) is 2.93. The molecule has 2 rings (SSSR count). The lowest BCUT2D eigenvalue weighted by molar-refractivity contribution is 0.111. The molecule has 0 spiro atoms. The average molecular weight is 268 g/mol. The number of benzene rings is 1. The lowest BCUT2D eigenvalue weighted by Crippen LogP contribution is -2.02. The molecule has 0 fully saturated rings. The zero-order valence-corrected chi connectivity index (χ0v) is 10.9. The van der Waals surface area contributed by atoms with Gasteiger partial charge in [0.1, 0.15) is 29.9 Å².